The van der Waals surface area contributed by atoms with Gasteiger partial charge in [0.05, 0.1) is 0 Å². The average Bonchev–Trinajstić information content (AvgIpc) is 2.89. The monoisotopic (exact) mass is 488 g/mol. The van der Waals surface area contributed by atoms with Crippen LogP contribution in [-0.4, -0.2) is 29.3 Å². The Labute approximate surface area is 214 Å². The van der Waals surface area contributed by atoms with E-state index in [0.717, 1.165) is 23.1 Å². The van der Waals surface area contributed by atoms with Gasteiger partial charge in [0.2, 0.25) is 11.8 Å². The minimum Gasteiger partial charge on any atom is -0.354 e. The van der Waals surface area contributed by atoms with Crippen LogP contribution in [0.25, 0.3) is 0 Å². The van der Waals surface area contributed by atoms with Gasteiger partial charge in [-0.3, -0.25) is 9.59 Å². The number of aryl methyl sites for hydroxylation is 2. The van der Waals surface area contributed by atoms with Gasteiger partial charge in [0.25, 0.3) is 0 Å². The van der Waals surface area contributed by atoms with Crippen LogP contribution in [0.15, 0.2) is 78.9 Å². The van der Waals surface area contributed by atoms with E-state index < -0.39 is 6.04 Å². The predicted octanol–water partition coefficient (Wildman–Crippen LogP) is 5.73. The summed E-state index contributed by atoms with van der Waals surface area (Å²) in [5, 5.41) is 3.03. The number of nitrogens with one attached hydrogen (secondary N) is 1. The second-order valence-electron chi connectivity index (χ2n) is 9.66. The summed E-state index contributed by atoms with van der Waals surface area (Å²) < 4.78 is 13.6. The van der Waals surface area contributed by atoms with Gasteiger partial charge in [-0.05, 0) is 53.1 Å². The van der Waals surface area contributed by atoms with Crippen LogP contribution in [0.2, 0.25) is 0 Å². The summed E-state index contributed by atoms with van der Waals surface area (Å²) in [7, 11) is 0. The van der Waals surface area contributed by atoms with Crippen molar-refractivity contribution in [2.45, 2.75) is 59.0 Å². The van der Waals surface area contributed by atoms with E-state index >= 15 is 0 Å². The first kappa shape index (κ1) is 27.1. The van der Waals surface area contributed by atoms with Crippen LogP contribution in [0.5, 0.6) is 0 Å². The summed E-state index contributed by atoms with van der Waals surface area (Å²) in [4.78, 5) is 28.7. The molecule has 0 heterocycles. The molecule has 5 heteroatoms. The van der Waals surface area contributed by atoms with Crippen molar-refractivity contribution in [2.24, 2.45) is 5.92 Å². The zero-order chi connectivity index (χ0) is 25.9. The first-order valence-electron chi connectivity index (χ1n) is 12.8. The highest BCUT2D eigenvalue weighted by molar-refractivity contribution is 5.88. The largest absolute Gasteiger partial charge is 0.354 e. The number of hydrogen-bond donors (Lipinski definition) is 1. The maximum absolute atomic E-state index is 13.7. The van der Waals surface area contributed by atoms with Crippen LogP contribution < -0.4 is 5.32 Å². The third kappa shape index (κ3) is 8.33. The lowest BCUT2D eigenvalue weighted by molar-refractivity contribution is -0.141. The molecule has 1 atom stereocenters. The van der Waals surface area contributed by atoms with E-state index in [1.807, 2.05) is 44.2 Å². The van der Waals surface area contributed by atoms with Gasteiger partial charge >= 0.3 is 0 Å². The Morgan fingerprint density at radius 1 is 0.833 bits per heavy atom. The molecule has 0 aliphatic rings. The summed E-state index contributed by atoms with van der Waals surface area (Å²) in [6.45, 7) is 6.96. The minimum atomic E-state index is -0.675. The van der Waals surface area contributed by atoms with Gasteiger partial charge in [0.15, 0.2) is 0 Å². The molecule has 2 amide bonds. The molecule has 0 saturated heterocycles. The van der Waals surface area contributed by atoms with Crippen molar-refractivity contribution in [3.8, 4) is 0 Å². The molecule has 0 aliphatic carbocycles. The molecule has 0 bridgehead atoms. The van der Waals surface area contributed by atoms with Gasteiger partial charge in [0, 0.05) is 25.9 Å². The molecule has 0 radical (unpaired) electrons. The summed E-state index contributed by atoms with van der Waals surface area (Å²) in [5.74, 6) is -0.309. The van der Waals surface area contributed by atoms with Crippen LogP contribution in [0, 0.1) is 11.7 Å². The highest BCUT2D eigenvalue weighted by atomic mass is 19.1. The minimum absolute atomic E-state index is 0.0977. The van der Waals surface area contributed by atoms with Gasteiger partial charge in [-0.2, -0.15) is 0 Å². The van der Waals surface area contributed by atoms with Gasteiger partial charge < -0.3 is 10.2 Å². The Bertz CT molecular complexity index is 1100. The molecule has 1 unspecified atom stereocenters. The van der Waals surface area contributed by atoms with Gasteiger partial charge in [-0.1, -0.05) is 87.5 Å². The molecule has 0 fully saturated rings. The number of hydrogen-bond acceptors (Lipinski definition) is 2. The molecule has 36 heavy (non-hydrogen) atoms. The normalized spacial score (nSPS) is 11.8. The molecule has 0 spiro atoms. The molecule has 3 aromatic carbocycles. The van der Waals surface area contributed by atoms with Crippen molar-refractivity contribution < 1.29 is 14.0 Å². The topological polar surface area (TPSA) is 49.4 Å². The molecule has 190 valence electrons. The fourth-order valence-corrected chi connectivity index (χ4v) is 4.10. The first-order chi connectivity index (χ1) is 17.4. The second kappa shape index (κ2) is 13.6. The SMILES string of the molecule is CCc1ccc(CCC(=O)N(Cc2ccc(F)cc2)C(Cc2ccccc2)C(=O)NCC(C)C)cc1. The molecule has 1 N–H and O–H groups in total. The van der Waals surface area contributed by atoms with Crippen LogP contribution in [0.1, 0.15) is 49.4 Å². The molecular formula is C31H37FN2O2. The van der Waals surface area contributed by atoms with Crippen LogP contribution in [-0.2, 0) is 35.4 Å². The Morgan fingerprint density at radius 3 is 2.06 bits per heavy atom. The number of rotatable bonds is 12. The number of carbonyl (C=O) groups excluding carboxylic acids is 2. The second-order valence-corrected chi connectivity index (χ2v) is 9.66. The van der Waals surface area contributed by atoms with Crippen molar-refractivity contribution in [1.29, 1.82) is 0 Å². The predicted molar refractivity (Wildman–Crippen MR) is 143 cm³/mol. The zero-order valence-electron chi connectivity index (χ0n) is 21.5. The highest BCUT2D eigenvalue weighted by Gasteiger charge is 2.30. The summed E-state index contributed by atoms with van der Waals surface area (Å²) >= 11 is 0. The summed E-state index contributed by atoms with van der Waals surface area (Å²) in [6, 6.07) is 23.5. The molecule has 0 saturated carbocycles. The first-order valence-corrected chi connectivity index (χ1v) is 12.8. The zero-order valence-corrected chi connectivity index (χ0v) is 21.5. The van der Waals surface area contributed by atoms with Gasteiger partial charge in [-0.15, -0.1) is 0 Å². The van der Waals surface area contributed by atoms with Crippen LogP contribution in [0.3, 0.4) is 0 Å². The van der Waals surface area contributed by atoms with E-state index in [4.69, 9.17) is 0 Å². The number of benzene rings is 3. The van der Waals surface area contributed by atoms with Crippen molar-refractivity contribution in [3.63, 3.8) is 0 Å². The molecule has 0 aromatic heterocycles. The van der Waals surface area contributed by atoms with Crippen LogP contribution in [0.4, 0.5) is 4.39 Å². The van der Waals surface area contributed by atoms with Crippen molar-refractivity contribution in [1.82, 2.24) is 10.2 Å². The molecule has 0 aliphatic heterocycles. The van der Waals surface area contributed by atoms with Crippen LogP contribution >= 0.6 is 0 Å². The number of carbonyl (C=O) groups is 2. The lowest BCUT2D eigenvalue weighted by Crippen LogP contribution is -2.51. The molecule has 3 aromatic rings. The van der Waals surface area contributed by atoms with Gasteiger partial charge in [0.1, 0.15) is 11.9 Å². The fourth-order valence-electron chi connectivity index (χ4n) is 4.10. The standard InChI is InChI=1S/C31H37FN2O2/c1-4-24-10-12-25(13-11-24)16-19-30(35)34(22-27-14-17-28(32)18-15-27)29(31(36)33-21-23(2)3)20-26-8-6-5-7-9-26/h5-15,17-18,23,29H,4,16,19-22H2,1-3H3,(H,33,36). The average molecular weight is 489 g/mol. The maximum Gasteiger partial charge on any atom is 0.243 e. The van der Waals surface area contributed by atoms with E-state index in [-0.39, 0.29) is 30.6 Å². The van der Waals surface area contributed by atoms with E-state index in [0.29, 0.717) is 25.3 Å². The van der Waals surface area contributed by atoms with Crippen molar-refractivity contribution in [2.75, 3.05) is 6.54 Å². The lowest BCUT2D eigenvalue weighted by Gasteiger charge is -2.32. The maximum atomic E-state index is 13.7. The Morgan fingerprint density at radius 2 is 1.44 bits per heavy atom. The van der Waals surface area contributed by atoms with E-state index in [9.17, 15) is 14.0 Å². The van der Waals surface area contributed by atoms with E-state index in [1.165, 1.54) is 17.7 Å². The molecule has 3 rings (SSSR count). The Kier molecular flexibility index (Phi) is 10.2. The summed E-state index contributed by atoms with van der Waals surface area (Å²) in [6.07, 6.45) is 2.25. The lowest BCUT2D eigenvalue weighted by atomic mass is 10.0. The third-order valence-electron chi connectivity index (χ3n) is 6.28. The summed E-state index contributed by atoms with van der Waals surface area (Å²) in [5.41, 5.74) is 4.11. The van der Waals surface area contributed by atoms with Crippen molar-refractivity contribution in [3.05, 3.63) is 107 Å². The molecule has 4 nitrogen and oxygen atoms in total. The quantitative estimate of drug-likeness (QED) is 0.354. The van der Waals surface area contributed by atoms with E-state index in [2.05, 4.69) is 36.5 Å². The molecular weight excluding hydrogens is 451 g/mol. The highest BCUT2D eigenvalue weighted by Crippen LogP contribution is 2.18. The number of amides is 2. The smallest absolute Gasteiger partial charge is 0.243 e. The third-order valence-corrected chi connectivity index (χ3v) is 6.28. The Hall–Kier alpha value is -3.47. The Balaban J connectivity index is 1.87. The number of halogens is 1. The number of nitrogens with zero attached hydrogens (tertiary/aromatic N) is 1. The van der Waals surface area contributed by atoms with E-state index in [1.54, 1.807) is 17.0 Å². The van der Waals surface area contributed by atoms with Gasteiger partial charge in [-0.25, -0.2) is 4.39 Å². The fraction of sp³-hybridized carbons (Fsp3) is 0.355. The van der Waals surface area contributed by atoms with Crippen molar-refractivity contribution >= 4 is 11.8 Å².